The fourth-order valence-corrected chi connectivity index (χ4v) is 1.00. The number of oxazole rings is 1. The third-order valence-corrected chi connectivity index (χ3v) is 1.54. The Morgan fingerprint density at radius 2 is 1.76 bits per heavy atom. The Kier molecular flexibility index (Phi) is 8.11. The molecule has 1 aromatic carbocycles. The van der Waals surface area contributed by atoms with E-state index in [1.165, 1.54) is 6.20 Å². The second-order valence-electron chi connectivity index (χ2n) is 2.84. The standard InChI is InChI=1S/C9H8N2O.C3H6.C2H6/c10-8-6-11-9(12-8)7-4-2-1-3-5-7;1-3-2;1-2/h1-6H,10H2;3H,1H2,2H3;1-2H3. The van der Waals surface area contributed by atoms with Gasteiger partial charge in [-0.15, -0.1) is 6.58 Å². The number of aromatic nitrogens is 1. The van der Waals surface area contributed by atoms with E-state index in [1.54, 1.807) is 6.08 Å². The molecule has 1 aromatic heterocycles. The van der Waals surface area contributed by atoms with E-state index in [4.69, 9.17) is 10.2 Å². The van der Waals surface area contributed by atoms with Gasteiger partial charge >= 0.3 is 0 Å². The van der Waals surface area contributed by atoms with Crippen LogP contribution in [-0.4, -0.2) is 4.98 Å². The van der Waals surface area contributed by atoms with Crippen LogP contribution in [0.2, 0.25) is 0 Å². The van der Waals surface area contributed by atoms with E-state index in [-0.39, 0.29) is 0 Å². The van der Waals surface area contributed by atoms with Gasteiger partial charge in [-0.3, -0.25) is 0 Å². The lowest BCUT2D eigenvalue weighted by Gasteiger charge is -1.91. The maximum absolute atomic E-state index is 5.39. The van der Waals surface area contributed by atoms with Crippen LogP contribution in [-0.2, 0) is 0 Å². The van der Waals surface area contributed by atoms with Gasteiger partial charge in [0.05, 0.1) is 6.20 Å². The predicted molar refractivity (Wildman–Crippen MR) is 73.6 cm³/mol. The highest BCUT2D eigenvalue weighted by molar-refractivity contribution is 5.53. The molecule has 0 amide bonds. The third-order valence-electron chi connectivity index (χ3n) is 1.54. The molecule has 0 saturated heterocycles. The smallest absolute Gasteiger partial charge is 0.228 e. The fourth-order valence-electron chi connectivity index (χ4n) is 1.00. The summed E-state index contributed by atoms with van der Waals surface area (Å²) in [6, 6.07) is 9.64. The number of hydrogen-bond donors (Lipinski definition) is 1. The van der Waals surface area contributed by atoms with E-state index in [0.29, 0.717) is 11.8 Å². The first-order chi connectivity index (χ1) is 8.27. The molecule has 0 spiro atoms. The summed E-state index contributed by atoms with van der Waals surface area (Å²) in [7, 11) is 0. The lowest BCUT2D eigenvalue weighted by Crippen LogP contribution is -1.76. The number of nitrogen functional groups attached to an aromatic ring is 1. The first-order valence-corrected chi connectivity index (χ1v) is 5.61. The van der Waals surface area contributed by atoms with Crippen molar-refractivity contribution < 1.29 is 4.42 Å². The summed E-state index contributed by atoms with van der Waals surface area (Å²) in [6.45, 7) is 9.25. The van der Waals surface area contributed by atoms with E-state index in [2.05, 4.69) is 11.6 Å². The van der Waals surface area contributed by atoms with Crippen LogP contribution in [0.15, 0.2) is 53.6 Å². The second kappa shape index (κ2) is 9.21. The Labute approximate surface area is 103 Å². The Balaban J connectivity index is 0.000000450. The number of allylic oxidation sites excluding steroid dienone is 1. The highest BCUT2D eigenvalue weighted by atomic mass is 16.4. The van der Waals surface area contributed by atoms with Gasteiger partial charge < -0.3 is 10.2 Å². The van der Waals surface area contributed by atoms with Crippen molar-refractivity contribution in [3.8, 4) is 11.5 Å². The number of rotatable bonds is 1. The Bertz CT molecular complexity index is 407. The molecule has 0 fully saturated rings. The summed E-state index contributed by atoms with van der Waals surface area (Å²) in [4.78, 5) is 3.99. The highest BCUT2D eigenvalue weighted by Gasteiger charge is 2.01. The molecule has 0 saturated carbocycles. The molecule has 0 aliphatic rings. The fraction of sp³-hybridized carbons (Fsp3) is 0.214. The molecular weight excluding hydrogens is 212 g/mol. The molecule has 92 valence electrons. The molecule has 0 unspecified atom stereocenters. The van der Waals surface area contributed by atoms with E-state index in [1.807, 2.05) is 51.1 Å². The molecule has 0 atom stereocenters. The van der Waals surface area contributed by atoms with Crippen LogP contribution in [0, 0.1) is 0 Å². The topological polar surface area (TPSA) is 52.0 Å². The third kappa shape index (κ3) is 5.56. The van der Waals surface area contributed by atoms with Gasteiger partial charge in [0, 0.05) is 5.56 Å². The minimum atomic E-state index is 0.342. The number of hydrogen-bond acceptors (Lipinski definition) is 3. The summed E-state index contributed by atoms with van der Waals surface area (Å²) >= 11 is 0. The van der Waals surface area contributed by atoms with Crippen molar-refractivity contribution in [3.63, 3.8) is 0 Å². The second-order valence-corrected chi connectivity index (χ2v) is 2.84. The van der Waals surface area contributed by atoms with Gasteiger partial charge in [-0.2, -0.15) is 0 Å². The molecule has 2 aromatic rings. The van der Waals surface area contributed by atoms with Crippen LogP contribution in [0.25, 0.3) is 11.5 Å². The number of nitrogens with two attached hydrogens (primary N) is 1. The molecule has 0 aliphatic heterocycles. The zero-order valence-corrected chi connectivity index (χ0v) is 10.7. The van der Waals surface area contributed by atoms with Crippen molar-refractivity contribution in [2.45, 2.75) is 20.8 Å². The number of benzene rings is 1. The largest absolute Gasteiger partial charge is 0.421 e. The monoisotopic (exact) mass is 232 g/mol. The van der Waals surface area contributed by atoms with Gasteiger partial charge in [0.25, 0.3) is 0 Å². The van der Waals surface area contributed by atoms with E-state index < -0.39 is 0 Å². The quantitative estimate of drug-likeness (QED) is 0.752. The summed E-state index contributed by atoms with van der Waals surface area (Å²) in [5.74, 6) is 0.905. The molecule has 3 heteroatoms. The summed E-state index contributed by atoms with van der Waals surface area (Å²) < 4.78 is 5.14. The van der Waals surface area contributed by atoms with Gasteiger partial charge in [0.1, 0.15) is 0 Å². The molecule has 2 N–H and O–H groups in total. The van der Waals surface area contributed by atoms with Crippen LogP contribution in [0.5, 0.6) is 0 Å². The number of nitrogens with zero attached hydrogens (tertiary/aromatic N) is 1. The SMILES string of the molecule is C=CC.CC.Nc1cnc(-c2ccccc2)o1. The minimum absolute atomic E-state index is 0.342. The highest BCUT2D eigenvalue weighted by Crippen LogP contribution is 2.18. The molecule has 0 radical (unpaired) electrons. The summed E-state index contributed by atoms with van der Waals surface area (Å²) in [6.07, 6.45) is 3.25. The molecule has 0 aliphatic carbocycles. The normalized spacial score (nSPS) is 8.18. The first kappa shape index (κ1) is 15.0. The van der Waals surface area contributed by atoms with Crippen molar-refractivity contribution in [1.82, 2.24) is 4.98 Å². The molecule has 17 heavy (non-hydrogen) atoms. The van der Waals surface area contributed by atoms with Crippen molar-refractivity contribution >= 4 is 5.88 Å². The number of anilines is 1. The summed E-state index contributed by atoms with van der Waals surface area (Å²) in [5.41, 5.74) is 6.33. The lowest BCUT2D eigenvalue weighted by molar-refractivity contribution is 0.594. The zero-order valence-electron chi connectivity index (χ0n) is 10.7. The Morgan fingerprint density at radius 3 is 2.18 bits per heavy atom. The molecular formula is C14H20N2O. The maximum Gasteiger partial charge on any atom is 0.228 e. The average molecular weight is 232 g/mol. The Morgan fingerprint density at radius 1 is 1.24 bits per heavy atom. The van der Waals surface area contributed by atoms with Crippen LogP contribution in [0.1, 0.15) is 20.8 Å². The molecule has 1 heterocycles. The van der Waals surface area contributed by atoms with Gasteiger partial charge in [0.15, 0.2) is 0 Å². The van der Waals surface area contributed by atoms with Crippen molar-refractivity contribution in [3.05, 3.63) is 49.2 Å². The first-order valence-electron chi connectivity index (χ1n) is 5.61. The van der Waals surface area contributed by atoms with Gasteiger partial charge in [0.2, 0.25) is 11.8 Å². The average Bonchev–Trinajstić information content (AvgIpc) is 2.81. The van der Waals surface area contributed by atoms with E-state index >= 15 is 0 Å². The molecule has 0 bridgehead atoms. The minimum Gasteiger partial charge on any atom is -0.421 e. The maximum atomic E-state index is 5.39. The molecule has 3 nitrogen and oxygen atoms in total. The zero-order chi connectivity index (χ0) is 13.1. The van der Waals surface area contributed by atoms with E-state index in [0.717, 1.165) is 5.56 Å². The lowest BCUT2D eigenvalue weighted by atomic mass is 10.2. The van der Waals surface area contributed by atoms with Crippen LogP contribution >= 0.6 is 0 Å². The van der Waals surface area contributed by atoms with Crippen molar-refractivity contribution in [2.24, 2.45) is 0 Å². The van der Waals surface area contributed by atoms with Gasteiger partial charge in [-0.1, -0.05) is 38.1 Å². The molecule has 2 rings (SSSR count). The predicted octanol–water partition coefficient (Wildman–Crippen LogP) is 4.14. The van der Waals surface area contributed by atoms with Crippen LogP contribution < -0.4 is 5.73 Å². The van der Waals surface area contributed by atoms with Gasteiger partial charge in [-0.25, -0.2) is 4.98 Å². The van der Waals surface area contributed by atoms with Crippen LogP contribution in [0.3, 0.4) is 0 Å². The van der Waals surface area contributed by atoms with Crippen molar-refractivity contribution in [1.29, 1.82) is 0 Å². The van der Waals surface area contributed by atoms with E-state index in [9.17, 15) is 0 Å². The Hall–Kier alpha value is -2.03. The van der Waals surface area contributed by atoms with Crippen LogP contribution in [0.4, 0.5) is 5.88 Å². The van der Waals surface area contributed by atoms with Gasteiger partial charge in [-0.05, 0) is 19.1 Å². The summed E-state index contributed by atoms with van der Waals surface area (Å²) in [5, 5.41) is 0. The van der Waals surface area contributed by atoms with Crippen molar-refractivity contribution in [2.75, 3.05) is 5.73 Å².